The lowest BCUT2D eigenvalue weighted by Crippen LogP contribution is -2.49. The summed E-state index contributed by atoms with van der Waals surface area (Å²) >= 11 is 0. The highest BCUT2D eigenvalue weighted by Gasteiger charge is 2.31. The van der Waals surface area contributed by atoms with Gasteiger partial charge in [0.25, 0.3) is 0 Å². The number of amides is 3. The van der Waals surface area contributed by atoms with Gasteiger partial charge >= 0.3 is 6.03 Å². The van der Waals surface area contributed by atoms with Crippen LogP contribution in [0.5, 0.6) is 0 Å². The highest BCUT2D eigenvalue weighted by atomic mass is 16.5. The summed E-state index contributed by atoms with van der Waals surface area (Å²) in [5.41, 5.74) is 0. The van der Waals surface area contributed by atoms with Crippen LogP contribution in [0.25, 0.3) is 0 Å². The SMILES string of the molecule is Cc1ccc(C(CNC(=O)C2CCN(C(=O)N3CCCC3)CC2)N2CCOCC2)o1. The quantitative estimate of drug-likeness (QED) is 0.791. The van der Waals surface area contributed by atoms with Crippen molar-refractivity contribution >= 4 is 11.9 Å². The number of likely N-dealkylation sites (tertiary alicyclic amines) is 2. The number of furan rings is 1. The molecule has 0 saturated carbocycles. The first-order valence-electron chi connectivity index (χ1n) is 11.3. The summed E-state index contributed by atoms with van der Waals surface area (Å²) in [7, 11) is 0. The van der Waals surface area contributed by atoms with Crippen LogP contribution in [0.4, 0.5) is 4.79 Å². The summed E-state index contributed by atoms with van der Waals surface area (Å²) in [4.78, 5) is 31.6. The molecule has 1 unspecified atom stereocenters. The fourth-order valence-corrected chi connectivity index (χ4v) is 4.71. The van der Waals surface area contributed by atoms with Crippen LogP contribution in [-0.2, 0) is 9.53 Å². The highest BCUT2D eigenvalue weighted by Crippen LogP contribution is 2.24. The van der Waals surface area contributed by atoms with E-state index in [1.807, 2.05) is 28.9 Å². The largest absolute Gasteiger partial charge is 0.465 e. The third kappa shape index (κ3) is 4.98. The molecule has 3 aliphatic rings. The number of piperidine rings is 1. The number of carbonyl (C=O) groups excluding carboxylic acids is 2. The number of aryl methyl sites for hydroxylation is 1. The molecule has 30 heavy (non-hydrogen) atoms. The number of ether oxygens (including phenoxy) is 1. The van der Waals surface area contributed by atoms with Crippen molar-refractivity contribution in [3.8, 4) is 0 Å². The smallest absolute Gasteiger partial charge is 0.319 e. The lowest BCUT2D eigenvalue weighted by molar-refractivity contribution is -0.126. The van der Waals surface area contributed by atoms with Gasteiger partial charge in [0.15, 0.2) is 0 Å². The number of nitrogens with zero attached hydrogens (tertiary/aromatic N) is 3. The standard InChI is InChI=1S/C22H34N4O4/c1-17-4-5-20(30-17)19(24-12-14-29-15-13-24)16-23-21(27)18-6-10-26(11-7-18)22(28)25-8-2-3-9-25/h4-5,18-19H,2-3,6-16H2,1H3,(H,23,27). The second kappa shape index (κ2) is 9.83. The van der Waals surface area contributed by atoms with Gasteiger partial charge in [-0.15, -0.1) is 0 Å². The molecule has 0 radical (unpaired) electrons. The van der Waals surface area contributed by atoms with E-state index in [2.05, 4.69) is 10.2 Å². The van der Waals surface area contributed by atoms with E-state index in [1.165, 1.54) is 0 Å². The Hall–Kier alpha value is -2.06. The predicted octanol–water partition coefficient (Wildman–Crippen LogP) is 2.01. The fourth-order valence-electron chi connectivity index (χ4n) is 4.71. The number of nitrogens with one attached hydrogen (secondary N) is 1. The van der Waals surface area contributed by atoms with Gasteiger partial charge in [0, 0.05) is 51.7 Å². The Morgan fingerprint density at radius 2 is 1.70 bits per heavy atom. The second-order valence-electron chi connectivity index (χ2n) is 8.60. The first kappa shape index (κ1) is 21.2. The Labute approximate surface area is 178 Å². The van der Waals surface area contributed by atoms with Gasteiger partial charge in [-0.05, 0) is 44.7 Å². The first-order chi connectivity index (χ1) is 14.6. The number of hydrogen-bond donors (Lipinski definition) is 1. The number of rotatable bonds is 5. The van der Waals surface area contributed by atoms with E-state index in [1.54, 1.807) is 0 Å². The normalized spacial score (nSPS) is 22.3. The van der Waals surface area contributed by atoms with Gasteiger partial charge in [-0.3, -0.25) is 9.69 Å². The van der Waals surface area contributed by atoms with Crippen molar-refractivity contribution in [1.82, 2.24) is 20.0 Å². The molecule has 0 aromatic carbocycles. The average molecular weight is 419 g/mol. The lowest BCUT2D eigenvalue weighted by atomic mass is 9.96. The molecule has 4 heterocycles. The minimum atomic E-state index is -0.0312. The molecule has 0 bridgehead atoms. The Morgan fingerprint density at radius 1 is 1.03 bits per heavy atom. The molecule has 1 aromatic heterocycles. The van der Waals surface area contributed by atoms with Crippen molar-refractivity contribution in [2.24, 2.45) is 5.92 Å². The number of carbonyl (C=O) groups is 2. The topological polar surface area (TPSA) is 78.3 Å². The molecule has 8 heteroatoms. The molecule has 1 aromatic rings. The summed E-state index contributed by atoms with van der Waals surface area (Å²) in [6, 6.07) is 4.14. The number of urea groups is 1. The monoisotopic (exact) mass is 418 g/mol. The van der Waals surface area contributed by atoms with Gasteiger partial charge in [-0.2, -0.15) is 0 Å². The molecule has 3 aliphatic heterocycles. The summed E-state index contributed by atoms with van der Waals surface area (Å²) < 4.78 is 11.4. The molecule has 4 rings (SSSR count). The van der Waals surface area contributed by atoms with Crippen LogP contribution in [0.3, 0.4) is 0 Å². The third-order valence-electron chi connectivity index (χ3n) is 6.56. The Balaban J connectivity index is 1.29. The minimum Gasteiger partial charge on any atom is -0.465 e. The Bertz CT molecular complexity index is 716. The van der Waals surface area contributed by atoms with Gasteiger partial charge in [0.2, 0.25) is 5.91 Å². The van der Waals surface area contributed by atoms with Crippen LogP contribution in [-0.4, -0.2) is 85.7 Å². The van der Waals surface area contributed by atoms with E-state index in [9.17, 15) is 9.59 Å². The van der Waals surface area contributed by atoms with Crippen LogP contribution < -0.4 is 5.32 Å². The van der Waals surface area contributed by atoms with E-state index in [0.29, 0.717) is 32.8 Å². The molecule has 3 saturated heterocycles. The Morgan fingerprint density at radius 3 is 2.33 bits per heavy atom. The summed E-state index contributed by atoms with van der Waals surface area (Å²) in [5, 5.41) is 3.16. The maximum Gasteiger partial charge on any atom is 0.319 e. The van der Waals surface area contributed by atoms with Crippen LogP contribution in [0.1, 0.15) is 43.2 Å². The van der Waals surface area contributed by atoms with E-state index in [4.69, 9.17) is 9.15 Å². The van der Waals surface area contributed by atoms with E-state index in [-0.39, 0.29) is 23.9 Å². The molecular weight excluding hydrogens is 384 g/mol. The van der Waals surface area contributed by atoms with Crippen LogP contribution >= 0.6 is 0 Å². The van der Waals surface area contributed by atoms with Crippen molar-refractivity contribution in [2.75, 3.05) is 59.0 Å². The molecule has 3 amide bonds. The lowest BCUT2D eigenvalue weighted by Gasteiger charge is -2.35. The molecule has 8 nitrogen and oxygen atoms in total. The minimum absolute atomic E-state index is 0.0170. The van der Waals surface area contributed by atoms with Crippen molar-refractivity contribution in [3.05, 3.63) is 23.7 Å². The highest BCUT2D eigenvalue weighted by molar-refractivity contribution is 5.79. The molecule has 1 atom stereocenters. The van der Waals surface area contributed by atoms with Crippen molar-refractivity contribution < 1.29 is 18.7 Å². The third-order valence-corrected chi connectivity index (χ3v) is 6.56. The van der Waals surface area contributed by atoms with Crippen LogP contribution in [0, 0.1) is 12.8 Å². The van der Waals surface area contributed by atoms with Gasteiger partial charge in [-0.25, -0.2) is 4.79 Å². The van der Waals surface area contributed by atoms with E-state index < -0.39 is 0 Å². The van der Waals surface area contributed by atoms with Crippen molar-refractivity contribution in [1.29, 1.82) is 0 Å². The van der Waals surface area contributed by atoms with Crippen molar-refractivity contribution in [3.63, 3.8) is 0 Å². The summed E-state index contributed by atoms with van der Waals surface area (Å²) in [6.07, 6.45) is 3.66. The van der Waals surface area contributed by atoms with E-state index in [0.717, 1.165) is 63.4 Å². The maximum atomic E-state index is 12.9. The van der Waals surface area contributed by atoms with Gasteiger partial charge in [-0.1, -0.05) is 0 Å². The van der Waals surface area contributed by atoms with Crippen LogP contribution in [0.2, 0.25) is 0 Å². The average Bonchev–Trinajstić information content (AvgIpc) is 3.46. The molecule has 1 N–H and O–H groups in total. The zero-order valence-electron chi connectivity index (χ0n) is 18.0. The molecule has 166 valence electrons. The summed E-state index contributed by atoms with van der Waals surface area (Å²) in [5.74, 6) is 1.83. The molecule has 0 spiro atoms. The van der Waals surface area contributed by atoms with Crippen LogP contribution in [0.15, 0.2) is 16.5 Å². The second-order valence-corrected chi connectivity index (χ2v) is 8.60. The van der Waals surface area contributed by atoms with Gasteiger partial charge in [0.05, 0.1) is 19.3 Å². The number of hydrogen-bond acceptors (Lipinski definition) is 5. The zero-order chi connectivity index (χ0) is 20.9. The summed E-state index contributed by atoms with van der Waals surface area (Å²) in [6.45, 7) is 8.60. The van der Waals surface area contributed by atoms with Gasteiger partial charge in [0.1, 0.15) is 11.5 Å². The van der Waals surface area contributed by atoms with Crippen molar-refractivity contribution in [2.45, 2.75) is 38.6 Å². The first-order valence-corrected chi connectivity index (χ1v) is 11.3. The Kier molecular flexibility index (Phi) is 6.94. The zero-order valence-corrected chi connectivity index (χ0v) is 18.0. The molecule has 0 aliphatic carbocycles. The van der Waals surface area contributed by atoms with E-state index >= 15 is 0 Å². The maximum absolute atomic E-state index is 12.9. The molecule has 3 fully saturated rings. The molecular formula is C22H34N4O4. The number of morpholine rings is 1. The van der Waals surface area contributed by atoms with Gasteiger partial charge < -0.3 is 24.3 Å². The predicted molar refractivity (Wildman–Crippen MR) is 112 cm³/mol. The fraction of sp³-hybridized carbons (Fsp3) is 0.727.